The fourth-order valence-electron chi connectivity index (χ4n) is 1.80. The zero-order chi connectivity index (χ0) is 14.0. The number of nitrogens with zero attached hydrogens (tertiary/aromatic N) is 1. The summed E-state index contributed by atoms with van der Waals surface area (Å²) in [7, 11) is 0. The summed E-state index contributed by atoms with van der Waals surface area (Å²) >= 11 is 5.75. The van der Waals surface area contributed by atoms with E-state index < -0.39 is 18.0 Å². The van der Waals surface area contributed by atoms with Gasteiger partial charge in [-0.05, 0) is 18.2 Å². The van der Waals surface area contributed by atoms with E-state index in [0.29, 0.717) is 0 Å². The third kappa shape index (κ3) is 3.34. The second-order valence-electron chi connectivity index (χ2n) is 4.30. The van der Waals surface area contributed by atoms with Crippen molar-refractivity contribution in [3.05, 3.63) is 29.0 Å². The maximum atomic E-state index is 12.8. The number of hydrogen-bond donors (Lipinski definition) is 2. The lowest BCUT2D eigenvalue weighted by Gasteiger charge is -2.16. The summed E-state index contributed by atoms with van der Waals surface area (Å²) in [5.74, 6) is -0.665. The lowest BCUT2D eigenvalue weighted by atomic mass is 10.3. The van der Waals surface area contributed by atoms with Gasteiger partial charge in [-0.15, -0.1) is 0 Å². The molecule has 7 heteroatoms. The van der Waals surface area contributed by atoms with Gasteiger partial charge in [0.05, 0.1) is 17.2 Å². The van der Waals surface area contributed by atoms with Gasteiger partial charge in [0.25, 0.3) is 5.91 Å². The van der Waals surface area contributed by atoms with E-state index in [1.807, 2.05) is 0 Å². The summed E-state index contributed by atoms with van der Waals surface area (Å²) in [6, 6.07) is 3.60. The topological polar surface area (TPSA) is 70.0 Å². The molecule has 0 aliphatic carbocycles. The first-order chi connectivity index (χ1) is 8.97. The van der Waals surface area contributed by atoms with Crippen LogP contribution < -0.4 is 4.74 Å². The van der Waals surface area contributed by atoms with Crippen molar-refractivity contribution in [2.75, 3.05) is 19.7 Å². The van der Waals surface area contributed by atoms with Gasteiger partial charge in [-0.25, -0.2) is 4.39 Å². The molecule has 5 nitrogen and oxygen atoms in total. The maximum Gasteiger partial charge on any atom is 0.260 e. The van der Waals surface area contributed by atoms with E-state index in [4.69, 9.17) is 16.3 Å². The number of carbonyl (C=O) groups is 1. The number of β-amino-alcohol motifs (C(OH)–C–C–N with tert-alkyl or cyclic N) is 2. The van der Waals surface area contributed by atoms with Crippen molar-refractivity contribution in [2.24, 2.45) is 0 Å². The summed E-state index contributed by atoms with van der Waals surface area (Å²) in [4.78, 5) is 13.0. The second kappa shape index (κ2) is 5.73. The van der Waals surface area contributed by atoms with Crippen LogP contribution in [0.15, 0.2) is 18.2 Å². The van der Waals surface area contributed by atoms with Crippen LogP contribution in [0.5, 0.6) is 5.75 Å². The van der Waals surface area contributed by atoms with E-state index in [9.17, 15) is 19.4 Å². The zero-order valence-electron chi connectivity index (χ0n) is 9.92. The normalized spacial score (nSPS) is 22.6. The monoisotopic (exact) mass is 289 g/mol. The Kier molecular flexibility index (Phi) is 4.24. The lowest BCUT2D eigenvalue weighted by molar-refractivity contribution is -0.132. The van der Waals surface area contributed by atoms with Crippen LogP contribution in [0.3, 0.4) is 0 Å². The lowest BCUT2D eigenvalue weighted by Crippen LogP contribution is -2.34. The number of rotatable bonds is 3. The fraction of sp³-hybridized carbons (Fsp3) is 0.417. The predicted octanol–water partition coefficient (Wildman–Crippen LogP) is 0.422. The van der Waals surface area contributed by atoms with Crippen molar-refractivity contribution < 1.29 is 24.1 Å². The van der Waals surface area contributed by atoms with Gasteiger partial charge < -0.3 is 19.8 Å². The average Bonchev–Trinajstić information content (AvgIpc) is 2.68. The van der Waals surface area contributed by atoms with Crippen LogP contribution in [0.1, 0.15) is 0 Å². The Bertz CT molecular complexity index is 475. The molecule has 1 aromatic carbocycles. The van der Waals surface area contributed by atoms with Gasteiger partial charge in [0.2, 0.25) is 0 Å². The molecule has 1 aliphatic rings. The molecule has 1 amide bonds. The van der Waals surface area contributed by atoms with Crippen LogP contribution in [0, 0.1) is 5.82 Å². The molecule has 1 aliphatic heterocycles. The minimum atomic E-state index is -0.932. The van der Waals surface area contributed by atoms with Crippen molar-refractivity contribution in [1.82, 2.24) is 4.90 Å². The molecule has 2 N–H and O–H groups in total. The van der Waals surface area contributed by atoms with E-state index in [0.717, 1.165) is 6.07 Å². The van der Waals surface area contributed by atoms with Gasteiger partial charge >= 0.3 is 0 Å². The van der Waals surface area contributed by atoms with Crippen LogP contribution in [0.4, 0.5) is 4.39 Å². The zero-order valence-corrected chi connectivity index (χ0v) is 10.7. The highest BCUT2D eigenvalue weighted by molar-refractivity contribution is 6.32. The molecule has 0 bridgehead atoms. The first-order valence-electron chi connectivity index (χ1n) is 5.69. The molecular formula is C12H13ClFNO4. The number of likely N-dealkylation sites (tertiary alicyclic amines) is 1. The third-order valence-corrected chi connectivity index (χ3v) is 3.15. The van der Waals surface area contributed by atoms with Gasteiger partial charge in [-0.3, -0.25) is 4.79 Å². The van der Waals surface area contributed by atoms with Gasteiger partial charge in [-0.1, -0.05) is 11.6 Å². The Labute approximate surface area is 114 Å². The molecular weight excluding hydrogens is 277 g/mol. The fourth-order valence-corrected chi connectivity index (χ4v) is 2.02. The number of aliphatic hydroxyl groups excluding tert-OH is 2. The highest BCUT2D eigenvalue weighted by atomic mass is 35.5. The Morgan fingerprint density at radius 3 is 2.63 bits per heavy atom. The minimum absolute atomic E-state index is 0.0700. The van der Waals surface area contributed by atoms with Crippen LogP contribution >= 0.6 is 11.6 Å². The SMILES string of the molecule is O=C(COc1ccc(F)cc1Cl)N1CC(O)C(O)C1. The van der Waals surface area contributed by atoms with Crippen molar-refractivity contribution in [3.8, 4) is 5.75 Å². The number of hydrogen-bond acceptors (Lipinski definition) is 4. The molecule has 2 rings (SSSR count). The first kappa shape index (κ1) is 14.0. The van der Waals surface area contributed by atoms with E-state index in [-0.39, 0.29) is 36.4 Å². The minimum Gasteiger partial charge on any atom is -0.482 e. The van der Waals surface area contributed by atoms with Crippen molar-refractivity contribution in [2.45, 2.75) is 12.2 Å². The third-order valence-electron chi connectivity index (χ3n) is 2.86. The van der Waals surface area contributed by atoms with Gasteiger partial charge in [-0.2, -0.15) is 0 Å². The van der Waals surface area contributed by atoms with Crippen molar-refractivity contribution in [1.29, 1.82) is 0 Å². The van der Waals surface area contributed by atoms with Gasteiger partial charge in [0.15, 0.2) is 6.61 Å². The molecule has 2 atom stereocenters. The first-order valence-corrected chi connectivity index (χ1v) is 6.07. The predicted molar refractivity (Wildman–Crippen MR) is 65.5 cm³/mol. The molecule has 0 spiro atoms. The molecule has 1 fully saturated rings. The largest absolute Gasteiger partial charge is 0.482 e. The summed E-state index contributed by atoms with van der Waals surface area (Å²) in [5, 5.41) is 18.7. The molecule has 1 heterocycles. The summed E-state index contributed by atoms with van der Waals surface area (Å²) in [5.41, 5.74) is 0. The molecule has 0 radical (unpaired) electrons. The van der Waals surface area contributed by atoms with Crippen LogP contribution in [0.25, 0.3) is 0 Å². The van der Waals surface area contributed by atoms with E-state index in [1.165, 1.54) is 17.0 Å². The summed E-state index contributed by atoms with van der Waals surface area (Å²) in [6.45, 7) is -0.147. The summed E-state index contributed by atoms with van der Waals surface area (Å²) < 4.78 is 18.0. The van der Waals surface area contributed by atoms with E-state index in [1.54, 1.807) is 0 Å². The Morgan fingerprint density at radius 2 is 2.05 bits per heavy atom. The number of amides is 1. The van der Waals surface area contributed by atoms with E-state index >= 15 is 0 Å². The molecule has 0 saturated carbocycles. The van der Waals surface area contributed by atoms with E-state index in [2.05, 4.69) is 0 Å². The highest BCUT2D eigenvalue weighted by Gasteiger charge is 2.32. The average molecular weight is 290 g/mol. The Balaban J connectivity index is 1.90. The number of halogens is 2. The van der Waals surface area contributed by atoms with Crippen LogP contribution in [-0.4, -0.2) is 52.9 Å². The molecule has 1 saturated heterocycles. The molecule has 104 valence electrons. The highest BCUT2D eigenvalue weighted by Crippen LogP contribution is 2.24. The Hall–Kier alpha value is -1.37. The number of carbonyl (C=O) groups excluding carboxylic acids is 1. The number of aliphatic hydroxyl groups is 2. The van der Waals surface area contributed by atoms with Crippen LogP contribution in [-0.2, 0) is 4.79 Å². The van der Waals surface area contributed by atoms with Gasteiger partial charge in [0.1, 0.15) is 11.6 Å². The molecule has 2 unspecified atom stereocenters. The molecule has 1 aromatic rings. The summed E-state index contributed by atoms with van der Waals surface area (Å²) in [6.07, 6.45) is -1.86. The standard InChI is InChI=1S/C12H13ClFNO4/c13-8-3-7(14)1-2-11(8)19-6-12(18)15-4-9(16)10(17)5-15/h1-3,9-10,16-17H,4-6H2. The molecule has 19 heavy (non-hydrogen) atoms. The Morgan fingerprint density at radius 1 is 1.42 bits per heavy atom. The maximum absolute atomic E-state index is 12.8. The quantitative estimate of drug-likeness (QED) is 0.846. The number of benzene rings is 1. The molecule has 0 aromatic heterocycles. The van der Waals surface area contributed by atoms with Crippen molar-refractivity contribution in [3.63, 3.8) is 0 Å². The second-order valence-corrected chi connectivity index (χ2v) is 4.70. The number of ether oxygens (including phenoxy) is 1. The smallest absolute Gasteiger partial charge is 0.260 e. The van der Waals surface area contributed by atoms with Gasteiger partial charge in [0, 0.05) is 13.1 Å². The van der Waals surface area contributed by atoms with Crippen LogP contribution in [0.2, 0.25) is 5.02 Å². The van der Waals surface area contributed by atoms with Crippen molar-refractivity contribution >= 4 is 17.5 Å².